The second kappa shape index (κ2) is 13.1. The summed E-state index contributed by atoms with van der Waals surface area (Å²) in [5, 5.41) is 13.2. The summed E-state index contributed by atoms with van der Waals surface area (Å²) in [5.74, 6) is -0.800. The predicted molar refractivity (Wildman–Crippen MR) is 182 cm³/mol. The fraction of sp³-hybridized carbons (Fsp3) is 0.600. The number of nitriles is 1. The first kappa shape index (κ1) is 32.8. The molecule has 0 radical (unpaired) electrons. The van der Waals surface area contributed by atoms with Gasteiger partial charge in [0, 0.05) is 68.4 Å². The Kier molecular flexibility index (Phi) is 8.74. The number of anilines is 1. The number of thioether (sulfide) groups is 1. The molecule has 3 saturated heterocycles. The van der Waals surface area contributed by atoms with Crippen molar-refractivity contribution in [3.8, 4) is 12.1 Å². The highest BCUT2D eigenvalue weighted by atomic mass is 32.2. The highest BCUT2D eigenvalue weighted by Gasteiger charge is 2.49. The fourth-order valence-corrected chi connectivity index (χ4v) is 9.45. The molecule has 0 amide bonds. The van der Waals surface area contributed by atoms with Gasteiger partial charge in [0.2, 0.25) is 0 Å². The van der Waals surface area contributed by atoms with Crippen molar-refractivity contribution in [2.24, 2.45) is 17.1 Å². The molecule has 3 N–H and O–H groups in total. The van der Waals surface area contributed by atoms with Crippen LogP contribution in [0.3, 0.4) is 0 Å². The number of nitrogens with two attached hydrogens (primary N) is 1. The number of hydrogen-bond acceptors (Lipinski definition) is 11. The molecule has 6 heterocycles. The maximum atomic E-state index is 15.4. The van der Waals surface area contributed by atoms with Crippen molar-refractivity contribution in [3.05, 3.63) is 46.0 Å². The number of nitrogens with zero attached hydrogens (tertiary/aromatic N) is 6. The second-order valence-electron chi connectivity index (χ2n) is 14.2. The van der Waals surface area contributed by atoms with Crippen molar-refractivity contribution in [3.63, 3.8) is 0 Å². The van der Waals surface area contributed by atoms with E-state index in [9.17, 15) is 9.65 Å². The van der Waals surface area contributed by atoms with Crippen LogP contribution in [0, 0.1) is 22.7 Å². The summed E-state index contributed by atoms with van der Waals surface area (Å²) in [5.41, 5.74) is 6.19. The quantitative estimate of drug-likeness (QED) is 0.358. The smallest absolute Gasteiger partial charge is 0.318 e. The summed E-state index contributed by atoms with van der Waals surface area (Å²) in [6, 6.07) is 3.30. The fourth-order valence-electron chi connectivity index (χ4n) is 8.26. The minimum absolute atomic E-state index is 0.0239. The third kappa shape index (κ3) is 5.96. The summed E-state index contributed by atoms with van der Waals surface area (Å²) >= 11 is 1.03. The zero-order chi connectivity index (χ0) is 33.9. The minimum Gasteiger partial charge on any atom is -0.463 e. The zero-order valence-electron chi connectivity index (χ0n) is 27.5. The van der Waals surface area contributed by atoms with E-state index < -0.39 is 23.4 Å². The summed E-state index contributed by atoms with van der Waals surface area (Å²) in [6.07, 6.45) is 7.56. The lowest BCUT2D eigenvalue weighted by molar-refractivity contribution is 0.0882. The number of allylic oxidation sites excluding steroid dienone is 4. The molecule has 5 atom stereocenters. The molecule has 14 heteroatoms. The molecule has 2 aromatic heterocycles. The van der Waals surface area contributed by atoms with Gasteiger partial charge in [-0.2, -0.15) is 15.2 Å². The molecule has 4 fully saturated rings. The summed E-state index contributed by atoms with van der Waals surface area (Å²) in [6.45, 7) is 6.96. The molecular weight excluding hydrogens is 653 g/mol. The first-order valence-corrected chi connectivity index (χ1v) is 18.2. The molecule has 260 valence electrons. The van der Waals surface area contributed by atoms with Crippen LogP contribution in [-0.4, -0.2) is 89.2 Å². The topological polar surface area (TPSA) is 125 Å². The van der Waals surface area contributed by atoms with Crippen molar-refractivity contribution >= 4 is 34.1 Å². The molecule has 49 heavy (non-hydrogen) atoms. The zero-order valence-corrected chi connectivity index (χ0v) is 28.3. The number of aromatic nitrogens is 3. The van der Waals surface area contributed by atoms with Gasteiger partial charge in [0.05, 0.1) is 57.3 Å². The molecule has 4 aliphatic heterocycles. The normalized spacial score (nSPS) is 29.5. The van der Waals surface area contributed by atoms with Gasteiger partial charge in [-0.25, -0.2) is 13.2 Å². The van der Waals surface area contributed by atoms with E-state index >= 15 is 8.78 Å². The highest BCUT2D eigenvalue weighted by Crippen LogP contribution is 2.53. The summed E-state index contributed by atoms with van der Waals surface area (Å²) in [4.78, 5) is 18.8. The van der Waals surface area contributed by atoms with Crippen molar-refractivity contribution in [1.82, 2.24) is 25.2 Å². The molecule has 2 aromatic rings. The largest absolute Gasteiger partial charge is 0.463 e. The third-order valence-electron chi connectivity index (χ3n) is 11.2. The molecular formula is C35H41F3N8O2S. The first-order chi connectivity index (χ1) is 23.8. The Morgan fingerprint density at radius 1 is 1.22 bits per heavy atom. The number of pyridine rings is 1. The number of fused-ring (bicyclic) bond motifs is 4. The minimum atomic E-state index is -2.97. The van der Waals surface area contributed by atoms with Gasteiger partial charge < -0.3 is 25.4 Å². The monoisotopic (exact) mass is 694 g/mol. The lowest BCUT2D eigenvalue weighted by Gasteiger charge is -2.35. The molecule has 8 rings (SSSR count). The number of alkyl halides is 2. The Morgan fingerprint density at radius 2 is 2.06 bits per heavy atom. The summed E-state index contributed by atoms with van der Waals surface area (Å²) in [7, 11) is 0. The maximum Gasteiger partial charge on any atom is 0.318 e. The van der Waals surface area contributed by atoms with Gasteiger partial charge in [-0.3, -0.25) is 9.88 Å². The van der Waals surface area contributed by atoms with Gasteiger partial charge in [-0.1, -0.05) is 24.8 Å². The maximum absolute atomic E-state index is 15.4. The number of rotatable bonds is 9. The Balaban J connectivity index is 1.19. The number of nitrogens with one attached hydrogen (secondary N) is 1. The molecule has 0 aromatic carbocycles. The van der Waals surface area contributed by atoms with Gasteiger partial charge in [0.25, 0.3) is 6.43 Å². The van der Waals surface area contributed by atoms with E-state index in [0.717, 1.165) is 63.6 Å². The average Bonchev–Trinajstić information content (AvgIpc) is 3.70. The van der Waals surface area contributed by atoms with E-state index in [2.05, 4.69) is 38.1 Å². The van der Waals surface area contributed by atoms with E-state index in [4.69, 9.17) is 20.2 Å². The van der Waals surface area contributed by atoms with Gasteiger partial charge >= 0.3 is 6.01 Å². The lowest BCUT2D eigenvalue weighted by atomic mass is 9.82. The Hall–Kier alpha value is -3.38. The van der Waals surface area contributed by atoms with Crippen molar-refractivity contribution in [2.45, 2.75) is 75.2 Å². The van der Waals surface area contributed by atoms with E-state index in [-0.39, 0.29) is 44.8 Å². The van der Waals surface area contributed by atoms with Crippen LogP contribution < -0.4 is 20.7 Å². The summed E-state index contributed by atoms with van der Waals surface area (Å²) < 4.78 is 58.0. The molecule has 6 aliphatic rings. The van der Waals surface area contributed by atoms with Crippen LogP contribution in [0.25, 0.3) is 16.5 Å². The molecule has 5 unspecified atom stereocenters. The molecule has 10 nitrogen and oxygen atoms in total. The second-order valence-corrected chi connectivity index (χ2v) is 15.4. The van der Waals surface area contributed by atoms with Crippen molar-refractivity contribution < 1.29 is 22.6 Å². The van der Waals surface area contributed by atoms with Crippen LogP contribution in [0.1, 0.15) is 63.1 Å². The predicted octanol–water partition coefficient (Wildman–Crippen LogP) is 5.24. The van der Waals surface area contributed by atoms with Crippen LogP contribution in [0.2, 0.25) is 0 Å². The number of ether oxygens (including phenoxy) is 2. The van der Waals surface area contributed by atoms with E-state index in [1.165, 1.54) is 24.8 Å². The van der Waals surface area contributed by atoms with Gasteiger partial charge in [0.15, 0.2) is 0 Å². The lowest BCUT2D eigenvalue weighted by Crippen LogP contribution is -2.50. The average molecular weight is 695 g/mol. The molecule has 2 aliphatic carbocycles. The first-order valence-electron chi connectivity index (χ1n) is 17.4. The van der Waals surface area contributed by atoms with E-state index in [1.807, 2.05) is 0 Å². The van der Waals surface area contributed by atoms with Crippen LogP contribution in [-0.2, 0) is 4.74 Å². The SMILES string of the molecule is CCC1CN(c2nc(OCC3(CN4C5CCOCC4CC5)CC3)nc3c(C(F)F)c(C4=CC=C(F)C5SC(N)=C(C#N)C45)ncc23)CCN1. The number of hydrogen-bond donors (Lipinski definition) is 2. The van der Waals surface area contributed by atoms with Crippen LogP contribution in [0.15, 0.2) is 34.8 Å². The van der Waals surface area contributed by atoms with Crippen LogP contribution >= 0.6 is 11.8 Å². The number of halogens is 3. The third-order valence-corrected chi connectivity index (χ3v) is 12.4. The van der Waals surface area contributed by atoms with Crippen LogP contribution in [0.4, 0.5) is 19.0 Å². The van der Waals surface area contributed by atoms with Crippen LogP contribution in [0.5, 0.6) is 6.01 Å². The standard InChI is InChI=1S/C35H41F3N8O2S/c1-2-19-15-45(11-10-41-19)33-24-14-42-28(22-5-6-25(36)30-26(22)23(13-39)32(40)49-30)27(31(37)38)29(24)43-34(44-33)48-18-35(8-9-35)17-46-20-3-4-21(46)16-47-12-7-20/h5-6,14,19-21,26,30-31,41H,2-4,7-12,15-18,40H2,1H3. The van der Waals surface area contributed by atoms with Crippen molar-refractivity contribution in [2.75, 3.05) is 50.9 Å². The van der Waals surface area contributed by atoms with Gasteiger partial charge in [-0.15, -0.1) is 0 Å². The van der Waals surface area contributed by atoms with E-state index in [1.54, 1.807) is 0 Å². The molecule has 1 saturated carbocycles. The molecule has 2 bridgehead atoms. The van der Waals surface area contributed by atoms with Gasteiger partial charge in [0.1, 0.15) is 11.6 Å². The Bertz CT molecular complexity index is 1760. The van der Waals surface area contributed by atoms with E-state index in [0.29, 0.717) is 55.1 Å². The Labute approximate surface area is 288 Å². The van der Waals surface area contributed by atoms with Gasteiger partial charge in [-0.05, 0) is 50.2 Å². The highest BCUT2D eigenvalue weighted by molar-refractivity contribution is 8.04. The Morgan fingerprint density at radius 3 is 2.84 bits per heavy atom. The van der Waals surface area contributed by atoms with Crippen molar-refractivity contribution in [1.29, 1.82) is 5.26 Å². The molecule has 0 spiro atoms. The number of piperazine rings is 1.